The van der Waals surface area contributed by atoms with E-state index in [1.165, 1.54) is 0 Å². The van der Waals surface area contributed by atoms with Crippen LogP contribution < -0.4 is 11.1 Å². The molecular weight excluding hydrogens is 176 g/mol. The minimum atomic E-state index is 0.159. The zero-order valence-corrected chi connectivity index (χ0v) is 8.53. The first-order valence-corrected chi connectivity index (χ1v) is 4.91. The highest BCUT2D eigenvalue weighted by Gasteiger charge is 1.95. The minimum absolute atomic E-state index is 0.159. The molecule has 0 heterocycles. The first-order valence-electron chi connectivity index (χ1n) is 4.91. The lowest BCUT2D eigenvalue weighted by atomic mass is 10.1. The molecule has 0 saturated carbocycles. The Morgan fingerprint density at radius 1 is 1.36 bits per heavy atom. The van der Waals surface area contributed by atoms with Crippen LogP contribution in [-0.4, -0.2) is 24.3 Å². The number of benzene rings is 1. The molecule has 0 aliphatic heterocycles. The number of rotatable bonds is 5. The van der Waals surface area contributed by atoms with E-state index in [1.54, 1.807) is 0 Å². The molecule has 0 radical (unpaired) electrons. The average Bonchev–Trinajstić information content (AvgIpc) is 2.17. The van der Waals surface area contributed by atoms with Crippen molar-refractivity contribution in [1.29, 1.82) is 0 Å². The molecule has 3 nitrogen and oxygen atoms in total. The van der Waals surface area contributed by atoms with Crippen LogP contribution >= 0.6 is 0 Å². The predicted molar refractivity (Wildman–Crippen MR) is 59.4 cm³/mol. The van der Waals surface area contributed by atoms with Crippen molar-refractivity contribution in [3.63, 3.8) is 0 Å². The van der Waals surface area contributed by atoms with Gasteiger partial charge in [0.05, 0.1) is 0 Å². The number of aliphatic hydroxyl groups is 1. The van der Waals surface area contributed by atoms with Crippen molar-refractivity contribution in [1.82, 2.24) is 0 Å². The van der Waals surface area contributed by atoms with Gasteiger partial charge in [0.1, 0.15) is 0 Å². The van der Waals surface area contributed by atoms with Crippen LogP contribution in [0.2, 0.25) is 0 Å². The summed E-state index contributed by atoms with van der Waals surface area (Å²) < 4.78 is 0. The predicted octanol–water partition coefficient (Wildman–Crippen LogP) is 0.980. The molecule has 0 aliphatic rings. The third kappa shape index (κ3) is 3.77. The lowest BCUT2D eigenvalue weighted by molar-refractivity contribution is 0.299. The molecule has 0 aromatic heterocycles. The number of hydrogen-bond acceptors (Lipinski definition) is 3. The van der Waals surface area contributed by atoms with Gasteiger partial charge < -0.3 is 16.2 Å². The van der Waals surface area contributed by atoms with E-state index in [1.807, 2.05) is 31.2 Å². The molecule has 1 rings (SSSR count). The Hall–Kier alpha value is -1.06. The second-order valence-corrected chi connectivity index (χ2v) is 3.53. The van der Waals surface area contributed by atoms with E-state index >= 15 is 0 Å². The van der Waals surface area contributed by atoms with Crippen LogP contribution in [0.4, 0.5) is 5.69 Å². The molecular formula is C11H18N2O. The van der Waals surface area contributed by atoms with Crippen LogP contribution in [0.5, 0.6) is 0 Å². The third-order valence-corrected chi connectivity index (χ3v) is 1.98. The highest BCUT2D eigenvalue weighted by atomic mass is 16.2. The average molecular weight is 194 g/mol. The molecule has 0 bridgehead atoms. The molecule has 1 unspecified atom stereocenters. The van der Waals surface area contributed by atoms with Crippen LogP contribution in [0.15, 0.2) is 24.3 Å². The summed E-state index contributed by atoms with van der Waals surface area (Å²) in [7, 11) is 0. The van der Waals surface area contributed by atoms with Crippen molar-refractivity contribution in [2.75, 3.05) is 18.5 Å². The molecule has 78 valence electrons. The fraction of sp³-hybridized carbons (Fsp3) is 0.455. The van der Waals surface area contributed by atoms with E-state index in [4.69, 9.17) is 10.8 Å². The summed E-state index contributed by atoms with van der Waals surface area (Å²) in [4.78, 5) is 0. The SMILES string of the molecule is CC(N)CNc1ccc(CCO)cc1. The van der Waals surface area contributed by atoms with Gasteiger partial charge in [0.2, 0.25) is 0 Å². The van der Waals surface area contributed by atoms with Gasteiger partial charge in [-0.05, 0) is 31.0 Å². The minimum Gasteiger partial charge on any atom is -0.396 e. The zero-order chi connectivity index (χ0) is 10.4. The Kier molecular flexibility index (Phi) is 4.43. The third-order valence-electron chi connectivity index (χ3n) is 1.98. The number of anilines is 1. The molecule has 1 aromatic rings. The fourth-order valence-electron chi connectivity index (χ4n) is 1.20. The topological polar surface area (TPSA) is 58.3 Å². The molecule has 1 aromatic carbocycles. The molecule has 14 heavy (non-hydrogen) atoms. The summed E-state index contributed by atoms with van der Waals surface area (Å²) >= 11 is 0. The zero-order valence-electron chi connectivity index (χ0n) is 8.53. The van der Waals surface area contributed by atoms with Crippen molar-refractivity contribution >= 4 is 5.69 Å². The molecule has 3 heteroatoms. The summed E-state index contributed by atoms with van der Waals surface area (Å²) in [6.45, 7) is 2.94. The second kappa shape index (κ2) is 5.62. The maximum Gasteiger partial charge on any atom is 0.0471 e. The molecule has 0 amide bonds. The normalized spacial score (nSPS) is 12.5. The first kappa shape index (κ1) is 11.0. The van der Waals surface area contributed by atoms with Crippen molar-refractivity contribution in [2.24, 2.45) is 5.73 Å². The lowest BCUT2D eigenvalue weighted by Crippen LogP contribution is -2.25. The number of hydrogen-bond donors (Lipinski definition) is 3. The lowest BCUT2D eigenvalue weighted by Gasteiger charge is -2.09. The Labute approximate surface area is 84.9 Å². The van der Waals surface area contributed by atoms with Crippen LogP contribution in [0.25, 0.3) is 0 Å². The van der Waals surface area contributed by atoms with Crippen molar-refractivity contribution in [2.45, 2.75) is 19.4 Å². The van der Waals surface area contributed by atoms with Crippen LogP contribution in [0.1, 0.15) is 12.5 Å². The highest BCUT2D eigenvalue weighted by Crippen LogP contribution is 2.09. The van der Waals surface area contributed by atoms with E-state index < -0.39 is 0 Å². The number of nitrogens with two attached hydrogens (primary N) is 1. The summed E-state index contributed by atoms with van der Waals surface area (Å²) in [5, 5.41) is 12.0. The summed E-state index contributed by atoms with van der Waals surface area (Å²) in [6.07, 6.45) is 0.716. The van der Waals surface area contributed by atoms with Gasteiger partial charge in [-0.3, -0.25) is 0 Å². The van der Waals surface area contributed by atoms with Gasteiger partial charge in [-0.25, -0.2) is 0 Å². The van der Waals surface area contributed by atoms with E-state index in [-0.39, 0.29) is 12.6 Å². The van der Waals surface area contributed by atoms with Gasteiger partial charge in [-0.1, -0.05) is 12.1 Å². The molecule has 4 N–H and O–H groups in total. The van der Waals surface area contributed by atoms with Gasteiger partial charge in [0.15, 0.2) is 0 Å². The number of aliphatic hydroxyl groups excluding tert-OH is 1. The quantitative estimate of drug-likeness (QED) is 0.655. The molecule has 0 fully saturated rings. The van der Waals surface area contributed by atoms with Crippen molar-refractivity contribution < 1.29 is 5.11 Å². The maximum absolute atomic E-state index is 8.73. The van der Waals surface area contributed by atoms with Gasteiger partial charge in [-0.15, -0.1) is 0 Å². The van der Waals surface area contributed by atoms with Gasteiger partial charge >= 0.3 is 0 Å². The standard InChI is InChI=1S/C11H18N2O/c1-9(12)8-13-11-4-2-10(3-5-11)6-7-14/h2-5,9,13-14H,6-8,12H2,1H3. The molecule has 0 saturated heterocycles. The van der Waals surface area contributed by atoms with Gasteiger partial charge in [-0.2, -0.15) is 0 Å². The molecule has 0 aliphatic carbocycles. The second-order valence-electron chi connectivity index (χ2n) is 3.53. The van der Waals surface area contributed by atoms with Crippen LogP contribution in [0.3, 0.4) is 0 Å². The molecule has 0 spiro atoms. The largest absolute Gasteiger partial charge is 0.396 e. The van der Waals surface area contributed by atoms with E-state index in [0.29, 0.717) is 6.42 Å². The fourth-order valence-corrected chi connectivity index (χ4v) is 1.20. The van der Waals surface area contributed by atoms with E-state index in [9.17, 15) is 0 Å². The monoisotopic (exact) mass is 194 g/mol. The molecule has 1 atom stereocenters. The van der Waals surface area contributed by atoms with Crippen molar-refractivity contribution in [3.8, 4) is 0 Å². The Balaban J connectivity index is 2.46. The Bertz CT molecular complexity index is 256. The summed E-state index contributed by atoms with van der Waals surface area (Å²) in [5.41, 5.74) is 7.85. The highest BCUT2D eigenvalue weighted by molar-refractivity contribution is 5.44. The number of nitrogens with one attached hydrogen (secondary N) is 1. The Morgan fingerprint density at radius 2 is 2.00 bits per heavy atom. The van der Waals surface area contributed by atoms with Crippen LogP contribution in [-0.2, 0) is 6.42 Å². The van der Waals surface area contributed by atoms with Crippen molar-refractivity contribution in [3.05, 3.63) is 29.8 Å². The van der Waals surface area contributed by atoms with Crippen LogP contribution in [0, 0.1) is 0 Å². The maximum atomic E-state index is 8.73. The first-order chi connectivity index (χ1) is 6.72. The van der Waals surface area contributed by atoms with E-state index in [0.717, 1.165) is 17.8 Å². The van der Waals surface area contributed by atoms with E-state index in [2.05, 4.69) is 5.32 Å². The Morgan fingerprint density at radius 3 is 2.50 bits per heavy atom. The van der Waals surface area contributed by atoms with Gasteiger partial charge in [0.25, 0.3) is 0 Å². The summed E-state index contributed by atoms with van der Waals surface area (Å²) in [5.74, 6) is 0. The smallest absolute Gasteiger partial charge is 0.0471 e. The van der Waals surface area contributed by atoms with Gasteiger partial charge in [0, 0.05) is 24.9 Å². The summed E-state index contributed by atoms with van der Waals surface area (Å²) in [6, 6.07) is 8.20.